The van der Waals surface area contributed by atoms with Crippen LogP contribution in [0.4, 0.5) is 0 Å². The number of aromatic hydroxyl groups is 1. The summed E-state index contributed by atoms with van der Waals surface area (Å²) in [5.74, 6) is 2.03. The standard InChI is InChI=1S/C19H21NO4/c1-20-11-10-17(16-7-4-12-23-16)24-15-6-3-5-14-13(15)8-9-18(22-2)19(14)21/h3-9,12,17,20-21H,10-11H2,1-2H3. The van der Waals surface area contributed by atoms with Crippen LogP contribution in [-0.2, 0) is 0 Å². The third kappa shape index (κ3) is 3.16. The van der Waals surface area contributed by atoms with Gasteiger partial charge in [-0.3, -0.25) is 0 Å². The van der Waals surface area contributed by atoms with E-state index in [9.17, 15) is 5.11 Å². The van der Waals surface area contributed by atoms with Gasteiger partial charge in [-0.2, -0.15) is 0 Å². The van der Waals surface area contributed by atoms with E-state index in [4.69, 9.17) is 13.9 Å². The second kappa shape index (κ2) is 7.27. The van der Waals surface area contributed by atoms with Gasteiger partial charge in [-0.1, -0.05) is 12.1 Å². The number of hydrogen-bond acceptors (Lipinski definition) is 5. The summed E-state index contributed by atoms with van der Waals surface area (Å²) in [6.07, 6.45) is 2.20. The molecular weight excluding hydrogens is 306 g/mol. The van der Waals surface area contributed by atoms with Crippen molar-refractivity contribution in [2.45, 2.75) is 12.5 Å². The van der Waals surface area contributed by atoms with Crippen LogP contribution in [0.3, 0.4) is 0 Å². The van der Waals surface area contributed by atoms with Crippen LogP contribution in [0.15, 0.2) is 53.1 Å². The van der Waals surface area contributed by atoms with Gasteiger partial charge in [0.1, 0.15) is 11.5 Å². The maximum atomic E-state index is 10.3. The zero-order valence-electron chi connectivity index (χ0n) is 13.8. The van der Waals surface area contributed by atoms with Crippen molar-refractivity contribution in [3.63, 3.8) is 0 Å². The van der Waals surface area contributed by atoms with Crippen molar-refractivity contribution in [2.24, 2.45) is 0 Å². The van der Waals surface area contributed by atoms with Gasteiger partial charge in [0.15, 0.2) is 17.6 Å². The maximum Gasteiger partial charge on any atom is 0.165 e. The molecule has 2 aromatic carbocycles. The lowest BCUT2D eigenvalue weighted by Crippen LogP contribution is -2.16. The third-order valence-electron chi connectivity index (χ3n) is 3.96. The summed E-state index contributed by atoms with van der Waals surface area (Å²) < 4.78 is 16.9. The van der Waals surface area contributed by atoms with Crippen molar-refractivity contribution < 1.29 is 19.0 Å². The molecule has 3 aromatic rings. The van der Waals surface area contributed by atoms with E-state index in [0.717, 1.165) is 24.1 Å². The van der Waals surface area contributed by atoms with Gasteiger partial charge in [-0.25, -0.2) is 0 Å². The van der Waals surface area contributed by atoms with E-state index in [1.54, 1.807) is 12.3 Å². The Hall–Kier alpha value is -2.66. The summed E-state index contributed by atoms with van der Waals surface area (Å²) in [4.78, 5) is 0. The van der Waals surface area contributed by atoms with Crippen molar-refractivity contribution in [1.29, 1.82) is 0 Å². The fourth-order valence-corrected chi connectivity index (χ4v) is 2.72. The van der Waals surface area contributed by atoms with E-state index in [1.165, 1.54) is 7.11 Å². The molecule has 1 heterocycles. The summed E-state index contributed by atoms with van der Waals surface area (Å²) >= 11 is 0. The largest absolute Gasteiger partial charge is 0.504 e. The first-order chi connectivity index (χ1) is 11.7. The lowest BCUT2D eigenvalue weighted by atomic mass is 10.1. The number of hydrogen-bond donors (Lipinski definition) is 2. The Morgan fingerprint density at radius 2 is 1.96 bits per heavy atom. The van der Waals surface area contributed by atoms with Gasteiger partial charge < -0.3 is 24.3 Å². The highest BCUT2D eigenvalue weighted by Gasteiger charge is 2.18. The number of benzene rings is 2. The fourth-order valence-electron chi connectivity index (χ4n) is 2.72. The lowest BCUT2D eigenvalue weighted by molar-refractivity contribution is 0.168. The van der Waals surface area contributed by atoms with Crippen LogP contribution in [0.25, 0.3) is 10.8 Å². The van der Waals surface area contributed by atoms with Gasteiger partial charge in [-0.15, -0.1) is 0 Å². The molecule has 0 aliphatic heterocycles. The number of phenols is 1. The molecule has 0 aliphatic carbocycles. The summed E-state index contributed by atoms with van der Waals surface area (Å²) in [6.45, 7) is 0.801. The van der Waals surface area contributed by atoms with Crippen molar-refractivity contribution in [3.8, 4) is 17.2 Å². The van der Waals surface area contributed by atoms with Gasteiger partial charge in [-0.05, 0) is 43.9 Å². The number of ether oxygens (including phenoxy) is 2. The number of methoxy groups -OCH3 is 1. The molecule has 0 radical (unpaired) electrons. The van der Waals surface area contributed by atoms with E-state index in [-0.39, 0.29) is 11.9 Å². The second-order valence-corrected chi connectivity index (χ2v) is 5.48. The van der Waals surface area contributed by atoms with E-state index in [0.29, 0.717) is 16.9 Å². The summed E-state index contributed by atoms with van der Waals surface area (Å²) in [6, 6.07) is 13.0. The Labute approximate surface area is 140 Å². The molecule has 2 N–H and O–H groups in total. The van der Waals surface area contributed by atoms with Crippen molar-refractivity contribution in [1.82, 2.24) is 5.32 Å². The Balaban J connectivity index is 1.97. The molecular formula is C19H21NO4. The monoisotopic (exact) mass is 327 g/mol. The smallest absolute Gasteiger partial charge is 0.165 e. The SMILES string of the molecule is CNCCC(Oc1cccc2c(O)c(OC)ccc12)c1ccco1. The summed E-state index contributed by atoms with van der Waals surface area (Å²) in [7, 11) is 3.44. The van der Waals surface area contributed by atoms with Crippen LogP contribution in [0.2, 0.25) is 0 Å². The Kier molecular flexibility index (Phi) is 4.91. The molecule has 0 amide bonds. The molecule has 126 valence electrons. The average Bonchev–Trinajstić information content (AvgIpc) is 3.14. The minimum absolute atomic E-state index is 0.116. The highest BCUT2D eigenvalue weighted by atomic mass is 16.5. The van der Waals surface area contributed by atoms with Crippen LogP contribution < -0.4 is 14.8 Å². The first-order valence-corrected chi connectivity index (χ1v) is 7.88. The highest BCUT2D eigenvalue weighted by molar-refractivity contribution is 5.94. The zero-order chi connectivity index (χ0) is 16.9. The molecule has 24 heavy (non-hydrogen) atoms. The van der Waals surface area contributed by atoms with Gasteiger partial charge in [0.25, 0.3) is 0 Å². The van der Waals surface area contributed by atoms with Gasteiger partial charge in [0.05, 0.1) is 13.4 Å². The molecule has 1 atom stereocenters. The molecule has 5 nitrogen and oxygen atoms in total. The molecule has 3 rings (SSSR count). The number of phenolic OH excluding ortho intramolecular Hbond substituents is 1. The first-order valence-electron chi connectivity index (χ1n) is 7.88. The van der Waals surface area contributed by atoms with Gasteiger partial charge in [0, 0.05) is 17.2 Å². The van der Waals surface area contributed by atoms with Crippen LogP contribution >= 0.6 is 0 Å². The van der Waals surface area contributed by atoms with Crippen LogP contribution in [0.1, 0.15) is 18.3 Å². The fraction of sp³-hybridized carbons (Fsp3) is 0.263. The molecule has 0 saturated heterocycles. The van der Waals surface area contributed by atoms with Gasteiger partial charge >= 0.3 is 0 Å². The Bertz CT molecular complexity index is 798. The molecule has 5 heteroatoms. The quantitative estimate of drug-likeness (QED) is 0.689. The van der Waals surface area contributed by atoms with Crippen molar-refractivity contribution >= 4 is 10.8 Å². The summed E-state index contributed by atoms with van der Waals surface area (Å²) in [5.41, 5.74) is 0. The average molecular weight is 327 g/mol. The van der Waals surface area contributed by atoms with Crippen LogP contribution in [0.5, 0.6) is 17.2 Å². The number of nitrogens with one attached hydrogen (secondary N) is 1. The van der Waals surface area contributed by atoms with Crippen LogP contribution in [0, 0.1) is 0 Å². The van der Waals surface area contributed by atoms with Gasteiger partial charge in [0.2, 0.25) is 0 Å². The predicted octanol–water partition coefficient (Wildman–Crippen LogP) is 3.88. The normalized spacial score (nSPS) is 12.2. The topological polar surface area (TPSA) is 63.9 Å². The molecule has 0 bridgehead atoms. The minimum Gasteiger partial charge on any atom is -0.504 e. The molecule has 1 aromatic heterocycles. The van der Waals surface area contributed by atoms with Crippen molar-refractivity contribution in [3.05, 3.63) is 54.5 Å². The molecule has 0 aliphatic rings. The van der Waals surface area contributed by atoms with Crippen LogP contribution in [-0.4, -0.2) is 25.8 Å². The number of furan rings is 1. The molecule has 0 saturated carbocycles. The van der Waals surface area contributed by atoms with E-state index >= 15 is 0 Å². The van der Waals surface area contributed by atoms with Crippen molar-refractivity contribution in [2.75, 3.05) is 20.7 Å². The molecule has 1 unspecified atom stereocenters. The summed E-state index contributed by atoms with van der Waals surface area (Å²) in [5, 5.41) is 15.0. The first kappa shape index (κ1) is 16.2. The third-order valence-corrected chi connectivity index (χ3v) is 3.96. The van der Waals surface area contributed by atoms with E-state index in [1.807, 2.05) is 43.4 Å². The Morgan fingerprint density at radius 3 is 2.67 bits per heavy atom. The van der Waals surface area contributed by atoms with E-state index in [2.05, 4.69) is 5.32 Å². The minimum atomic E-state index is -0.206. The lowest BCUT2D eigenvalue weighted by Gasteiger charge is -2.19. The second-order valence-electron chi connectivity index (χ2n) is 5.48. The highest BCUT2D eigenvalue weighted by Crippen LogP contribution is 2.39. The Morgan fingerprint density at radius 1 is 1.08 bits per heavy atom. The predicted molar refractivity (Wildman–Crippen MR) is 92.8 cm³/mol. The van der Waals surface area contributed by atoms with E-state index < -0.39 is 0 Å². The zero-order valence-corrected chi connectivity index (χ0v) is 13.8. The molecule has 0 fully saturated rings. The number of rotatable bonds is 7. The number of fused-ring (bicyclic) bond motifs is 1. The maximum absolute atomic E-state index is 10.3. The molecule has 0 spiro atoms.